The summed E-state index contributed by atoms with van der Waals surface area (Å²) in [4.78, 5) is 21.1. The summed E-state index contributed by atoms with van der Waals surface area (Å²) in [7, 11) is 0. The predicted molar refractivity (Wildman–Crippen MR) is 91.9 cm³/mol. The molecule has 2 saturated heterocycles. The van der Waals surface area contributed by atoms with Crippen LogP contribution in [-0.4, -0.2) is 46.9 Å². The fourth-order valence-electron chi connectivity index (χ4n) is 4.18. The van der Waals surface area contributed by atoms with E-state index in [9.17, 15) is 4.79 Å². The van der Waals surface area contributed by atoms with Gasteiger partial charge in [0.2, 0.25) is 5.91 Å². The van der Waals surface area contributed by atoms with Crippen LogP contribution in [0.5, 0.6) is 0 Å². The van der Waals surface area contributed by atoms with Crippen LogP contribution < -0.4 is 0 Å². The molecule has 0 radical (unpaired) electrons. The first kappa shape index (κ1) is 16.4. The van der Waals surface area contributed by atoms with Crippen molar-refractivity contribution >= 4 is 5.91 Å². The van der Waals surface area contributed by atoms with Gasteiger partial charge in [-0.3, -0.25) is 14.7 Å². The molecule has 0 aliphatic carbocycles. The highest BCUT2D eigenvalue weighted by molar-refractivity contribution is 5.77. The first-order valence-electron chi connectivity index (χ1n) is 9.10. The van der Waals surface area contributed by atoms with Gasteiger partial charge in [0.15, 0.2) is 0 Å². The Morgan fingerprint density at radius 3 is 3.00 bits per heavy atom. The molecule has 2 fully saturated rings. The summed E-state index contributed by atoms with van der Waals surface area (Å²) < 4.78 is 0. The molecule has 0 bridgehead atoms. The van der Waals surface area contributed by atoms with Gasteiger partial charge >= 0.3 is 0 Å². The molecule has 1 aromatic heterocycles. The van der Waals surface area contributed by atoms with E-state index >= 15 is 0 Å². The van der Waals surface area contributed by atoms with E-state index in [4.69, 9.17) is 0 Å². The monoisotopic (exact) mass is 315 g/mol. The van der Waals surface area contributed by atoms with Gasteiger partial charge in [-0.1, -0.05) is 19.4 Å². The average Bonchev–Trinajstić information content (AvgIpc) is 2.57. The lowest BCUT2D eigenvalue weighted by Crippen LogP contribution is -2.53. The Morgan fingerprint density at radius 2 is 2.22 bits per heavy atom. The largest absolute Gasteiger partial charge is 0.342 e. The van der Waals surface area contributed by atoms with Crippen LogP contribution in [-0.2, 0) is 11.3 Å². The van der Waals surface area contributed by atoms with Crippen molar-refractivity contribution in [3.8, 4) is 0 Å². The summed E-state index contributed by atoms with van der Waals surface area (Å²) in [5.74, 6) is 0.369. The fourth-order valence-corrected chi connectivity index (χ4v) is 4.18. The van der Waals surface area contributed by atoms with E-state index in [0.717, 1.165) is 51.9 Å². The second-order valence-corrected chi connectivity index (χ2v) is 7.34. The zero-order valence-electron chi connectivity index (χ0n) is 14.3. The van der Waals surface area contributed by atoms with E-state index in [0.29, 0.717) is 11.3 Å². The Kier molecular flexibility index (Phi) is 5.31. The molecule has 3 heterocycles. The Labute approximate surface area is 139 Å². The molecule has 1 spiro atoms. The molecule has 23 heavy (non-hydrogen) atoms. The summed E-state index contributed by atoms with van der Waals surface area (Å²) in [6.45, 7) is 7.38. The number of hydrogen-bond donors (Lipinski definition) is 0. The molecule has 0 saturated carbocycles. The third-order valence-electron chi connectivity index (χ3n) is 5.40. The van der Waals surface area contributed by atoms with Gasteiger partial charge in [0.1, 0.15) is 0 Å². The molecule has 126 valence electrons. The summed E-state index contributed by atoms with van der Waals surface area (Å²) in [5, 5.41) is 0. The number of piperidine rings is 2. The maximum Gasteiger partial charge on any atom is 0.222 e. The van der Waals surface area contributed by atoms with Crippen molar-refractivity contribution < 1.29 is 4.79 Å². The summed E-state index contributed by atoms with van der Waals surface area (Å²) in [6.07, 6.45) is 10.4. The molecule has 0 aromatic carbocycles. The topological polar surface area (TPSA) is 36.4 Å². The van der Waals surface area contributed by atoms with Gasteiger partial charge < -0.3 is 4.90 Å². The number of rotatable bonds is 5. The van der Waals surface area contributed by atoms with E-state index in [-0.39, 0.29) is 0 Å². The lowest BCUT2D eigenvalue weighted by molar-refractivity contribution is -0.139. The molecule has 4 nitrogen and oxygen atoms in total. The van der Waals surface area contributed by atoms with Gasteiger partial charge in [0, 0.05) is 50.4 Å². The second kappa shape index (κ2) is 7.43. The van der Waals surface area contributed by atoms with Crippen LogP contribution in [0.3, 0.4) is 0 Å². The minimum Gasteiger partial charge on any atom is -0.342 e. The average molecular weight is 315 g/mol. The van der Waals surface area contributed by atoms with Crippen molar-refractivity contribution in [3.63, 3.8) is 0 Å². The second-order valence-electron chi connectivity index (χ2n) is 7.34. The number of likely N-dealkylation sites (tertiary alicyclic amines) is 2. The quantitative estimate of drug-likeness (QED) is 0.838. The number of carbonyl (C=O) groups is 1. The van der Waals surface area contributed by atoms with Crippen LogP contribution in [0.1, 0.15) is 51.0 Å². The highest BCUT2D eigenvalue weighted by atomic mass is 16.2. The van der Waals surface area contributed by atoms with Gasteiger partial charge in [-0.2, -0.15) is 0 Å². The van der Waals surface area contributed by atoms with Crippen LogP contribution in [0.4, 0.5) is 0 Å². The molecule has 2 aliphatic heterocycles. The van der Waals surface area contributed by atoms with Gasteiger partial charge in [0.05, 0.1) is 0 Å². The maximum atomic E-state index is 12.2. The van der Waals surface area contributed by atoms with Crippen molar-refractivity contribution in [2.24, 2.45) is 5.41 Å². The molecule has 1 aromatic rings. The van der Waals surface area contributed by atoms with Crippen LogP contribution >= 0.6 is 0 Å². The van der Waals surface area contributed by atoms with Gasteiger partial charge in [-0.15, -0.1) is 0 Å². The lowest BCUT2D eigenvalue weighted by atomic mass is 9.73. The zero-order valence-corrected chi connectivity index (χ0v) is 14.3. The highest BCUT2D eigenvalue weighted by Gasteiger charge is 2.41. The standard InChI is InChI=1S/C19H29N3O/c1-2-3-12-22-16-19(9-7-18(22)23)8-5-11-21(15-19)14-17-6-4-10-20-13-17/h4,6,10,13H,2-3,5,7-9,11-12,14-16H2,1H3. The van der Waals surface area contributed by atoms with Crippen LogP contribution in [0.2, 0.25) is 0 Å². The van der Waals surface area contributed by atoms with E-state index in [1.807, 2.05) is 18.5 Å². The minimum absolute atomic E-state index is 0.322. The predicted octanol–water partition coefficient (Wildman–Crippen LogP) is 3.09. The number of amides is 1. The van der Waals surface area contributed by atoms with E-state index < -0.39 is 0 Å². The molecule has 4 heteroatoms. The molecule has 1 amide bonds. The first-order valence-corrected chi connectivity index (χ1v) is 9.10. The SMILES string of the molecule is CCCCN1CC2(CCCN(Cc3cccnc3)C2)CCC1=O. The Balaban J connectivity index is 1.63. The Bertz CT molecular complexity index is 519. The normalized spacial score (nSPS) is 26.0. The molecule has 1 atom stereocenters. The van der Waals surface area contributed by atoms with E-state index in [1.54, 1.807) is 0 Å². The van der Waals surface area contributed by atoms with Crippen LogP contribution in [0, 0.1) is 5.41 Å². The summed E-state index contributed by atoms with van der Waals surface area (Å²) in [6, 6.07) is 4.17. The molecule has 0 N–H and O–H groups in total. The first-order chi connectivity index (χ1) is 11.2. The highest BCUT2D eigenvalue weighted by Crippen LogP contribution is 2.39. The molecule has 2 aliphatic rings. The minimum atomic E-state index is 0.322. The third kappa shape index (κ3) is 4.11. The summed E-state index contributed by atoms with van der Waals surface area (Å²) in [5.41, 5.74) is 1.61. The van der Waals surface area contributed by atoms with Gasteiger partial charge in [0.25, 0.3) is 0 Å². The third-order valence-corrected chi connectivity index (χ3v) is 5.40. The maximum absolute atomic E-state index is 12.2. The molecular weight excluding hydrogens is 286 g/mol. The van der Waals surface area contributed by atoms with E-state index in [2.05, 4.69) is 27.8 Å². The van der Waals surface area contributed by atoms with Crippen molar-refractivity contribution in [2.75, 3.05) is 26.2 Å². The van der Waals surface area contributed by atoms with Crippen LogP contribution in [0.25, 0.3) is 0 Å². The van der Waals surface area contributed by atoms with Crippen molar-refractivity contribution in [1.82, 2.24) is 14.8 Å². The van der Waals surface area contributed by atoms with Crippen LogP contribution in [0.15, 0.2) is 24.5 Å². The Hall–Kier alpha value is -1.42. The number of pyridine rings is 1. The molecule has 3 rings (SSSR count). The number of aromatic nitrogens is 1. The zero-order chi connectivity index (χ0) is 16.1. The van der Waals surface area contributed by atoms with Gasteiger partial charge in [-0.25, -0.2) is 0 Å². The number of unbranched alkanes of at least 4 members (excludes halogenated alkanes) is 1. The fraction of sp³-hybridized carbons (Fsp3) is 0.684. The van der Waals surface area contributed by atoms with Gasteiger partial charge in [-0.05, 0) is 43.9 Å². The Morgan fingerprint density at radius 1 is 1.30 bits per heavy atom. The van der Waals surface area contributed by atoms with E-state index in [1.165, 1.54) is 24.9 Å². The number of hydrogen-bond acceptors (Lipinski definition) is 3. The van der Waals surface area contributed by atoms with Crippen molar-refractivity contribution in [1.29, 1.82) is 0 Å². The van der Waals surface area contributed by atoms with Crippen molar-refractivity contribution in [2.45, 2.75) is 52.0 Å². The summed E-state index contributed by atoms with van der Waals surface area (Å²) >= 11 is 0. The molecule has 1 unspecified atom stereocenters. The lowest BCUT2D eigenvalue weighted by Gasteiger charge is -2.48. The number of nitrogens with zero attached hydrogens (tertiary/aromatic N) is 3. The van der Waals surface area contributed by atoms with Crippen molar-refractivity contribution in [3.05, 3.63) is 30.1 Å². The number of carbonyl (C=O) groups excluding carboxylic acids is 1. The molecular formula is C19H29N3O. The smallest absolute Gasteiger partial charge is 0.222 e.